The van der Waals surface area contributed by atoms with Crippen molar-refractivity contribution in [1.82, 2.24) is 4.90 Å². The number of rotatable bonds is 6. The first-order chi connectivity index (χ1) is 15.8. The Morgan fingerprint density at radius 3 is 2.15 bits per heavy atom. The number of ketones is 1. The van der Waals surface area contributed by atoms with Crippen LogP contribution in [0, 0.1) is 11.3 Å². The molecule has 4 nitrogen and oxygen atoms in total. The van der Waals surface area contributed by atoms with E-state index in [1.165, 1.54) is 69.5 Å². The zero-order valence-electron chi connectivity index (χ0n) is 21.7. The number of benzene rings is 1. The van der Waals surface area contributed by atoms with Crippen LogP contribution in [0.5, 0.6) is 0 Å². The number of hydrogen-bond acceptors (Lipinski definition) is 4. The third-order valence-corrected chi connectivity index (χ3v) is 8.63. The third kappa shape index (κ3) is 6.12. The van der Waals surface area contributed by atoms with E-state index in [9.17, 15) is 4.79 Å². The molecule has 2 saturated heterocycles. The quantitative estimate of drug-likeness (QED) is 0.520. The Morgan fingerprint density at radius 1 is 0.879 bits per heavy atom. The number of nitrogens with zero attached hydrogens (tertiary/aromatic N) is 3. The molecule has 1 aliphatic carbocycles. The van der Waals surface area contributed by atoms with Crippen molar-refractivity contribution in [3.05, 3.63) is 23.8 Å². The molecule has 3 fully saturated rings. The molecular weight excluding hydrogens is 406 g/mol. The molecule has 1 aromatic rings. The lowest BCUT2D eigenvalue weighted by atomic mass is 9.68. The molecule has 0 N–H and O–H groups in total. The van der Waals surface area contributed by atoms with Crippen LogP contribution in [0.2, 0.25) is 0 Å². The van der Waals surface area contributed by atoms with Crippen LogP contribution in [0.15, 0.2) is 18.2 Å². The lowest BCUT2D eigenvalue weighted by molar-refractivity contribution is -0.119. The largest absolute Gasteiger partial charge is 0.371 e. The van der Waals surface area contributed by atoms with Gasteiger partial charge in [-0.2, -0.15) is 0 Å². The van der Waals surface area contributed by atoms with E-state index in [1.54, 1.807) is 5.56 Å². The Labute approximate surface area is 202 Å². The summed E-state index contributed by atoms with van der Waals surface area (Å²) in [5.41, 5.74) is 4.82. The average molecular weight is 454 g/mol. The van der Waals surface area contributed by atoms with E-state index in [1.807, 2.05) is 0 Å². The number of piperidine rings is 1. The first-order valence-electron chi connectivity index (χ1n) is 13.7. The molecule has 0 unspecified atom stereocenters. The maximum atomic E-state index is 11.8. The minimum absolute atomic E-state index is 0.421. The fraction of sp³-hybridized carbons (Fsp3) is 0.759. The van der Waals surface area contributed by atoms with E-state index in [4.69, 9.17) is 0 Å². The van der Waals surface area contributed by atoms with Gasteiger partial charge in [0.25, 0.3) is 0 Å². The molecular formula is C29H47N3O. The molecule has 184 valence electrons. The van der Waals surface area contributed by atoms with Crippen molar-refractivity contribution >= 4 is 17.2 Å². The number of carbonyl (C=O) groups is 1. The second-order valence-electron chi connectivity index (χ2n) is 11.9. The van der Waals surface area contributed by atoms with Crippen LogP contribution in [-0.4, -0.2) is 56.5 Å². The monoisotopic (exact) mass is 453 g/mol. The maximum absolute atomic E-state index is 11.8. The van der Waals surface area contributed by atoms with Crippen LogP contribution < -0.4 is 9.80 Å². The van der Waals surface area contributed by atoms with Crippen molar-refractivity contribution < 1.29 is 4.79 Å². The zero-order chi connectivity index (χ0) is 23.4. The van der Waals surface area contributed by atoms with Gasteiger partial charge in [-0.15, -0.1) is 0 Å². The minimum atomic E-state index is 0.421. The summed E-state index contributed by atoms with van der Waals surface area (Å²) in [4.78, 5) is 19.5. The van der Waals surface area contributed by atoms with Gasteiger partial charge in [-0.1, -0.05) is 34.1 Å². The molecule has 3 aliphatic rings. The van der Waals surface area contributed by atoms with Crippen LogP contribution in [0.25, 0.3) is 0 Å². The predicted octanol–water partition coefficient (Wildman–Crippen LogP) is 6.10. The second kappa shape index (κ2) is 10.8. The number of unbranched alkanes of at least 4 members (excludes halogenated alkanes) is 1. The predicted molar refractivity (Wildman–Crippen MR) is 141 cm³/mol. The van der Waals surface area contributed by atoms with Gasteiger partial charge in [0.1, 0.15) is 5.78 Å². The number of carbonyl (C=O) groups excluding carboxylic acids is 1. The van der Waals surface area contributed by atoms with E-state index in [0.29, 0.717) is 30.0 Å². The molecule has 1 saturated carbocycles. The first-order valence-corrected chi connectivity index (χ1v) is 13.7. The Hall–Kier alpha value is -1.55. The van der Waals surface area contributed by atoms with Crippen molar-refractivity contribution in [2.45, 2.75) is 85.0 Å². The average Bonchev–Trinajstić information content (AvgIpc) is 2.83. The van der Waals surface area contributed by atoms with E-state index >= 15 is 0 Å². The molecule has 4 rings (SSSR count). The van der Waals surface area contributed by atoms with Crippen molar-refractivity contribution in [3.63, 3.8) is 0 Å². The normalized spacial score (nSPS) is 25.5. The standard InChI is InChI=1S/C29H47N3O/c1-5-6-15-30-18-20-32(21-19-30)28-12-11-25(31-16-13-26(33)14-17-31)22-27(28)23-7-9-24(10-8-23)29(2,3)4/h11-12,22-24H,5-10,13-21H2,1-4H3. The van der Waals surface area contributed by atoms with Crippen LogP contribution in [0.4, 0.5) is 11.4 Å². The van der Waals surface area contributed by atoms with Gasteiger partial charge in [-0.3, -0.25) is 9.69 Å². The summed E-state index contributed by atoms with van der Waals surface area (Å²) in [5, 5.41) is 0. The molecule has 0 atom stereocenters. The van der Waals surface area contributed by atoms with Gasteiger partial charge in [-0.25, -0.2) is 0 Å². The minimum Gasteiger partial charge on any atom is -0.371 e. The lowest BCUT2D eigenvalue weighted by Gasteiger charge is -2.41. The summed E-state index contributed by atoms with van der Waals surface area (Å²) in [6, 6.07) is 7.26. The highest BCUT2D eigenvalue weighted by Gasteiger charge is 2.32. The van der Waals surface area contributed by atoms with Crippen LogP contribution >= 0.6 is 0 Å². The molecule has 33 heavy (non-hydrogen) atoms. The third-order valence-electron chi connectivity index (χ3n) is 8.63. The first kappa shape index (κ1) is 24.6. The lowest BCUT2D eigenvalue weighted by Crippen LogP contribution is -2.47. The summed E-state index contributed by atoms with van der Waals surface area (Å²) in [6.45, 7) is 17.2. The summed E-state index contributed by atoms with van der Waals surface area (Å²) in [7, 11) is 0. The fourth-order valence-electron chi connectivity index (χ4n) is 6.23. The van der Waals surface area contributed by atoms with Gasteiger partial charge in [0, 0.05) is 63.5 Å². The molecule has 0 amide bonds. The molecule has 2 aliphatic heterocycles. The maximum Gasteiger partial charge on any atom is 0.136 e. The van der Waals surface area contributed by atoms with Gasteiger partial charge in [0.05, 0.1) is 0 Å². The molecule has 0 aromatic heterocycles. The molecule has 1 aromatic carbocycles. The van der Waals surface area contributed by atoms with Crippen molar-refractivity contribution in [1.29, 1.82) is 0 Å². The number of hydrogen-bond donors (Lipinski definition) is 0. The SMILES string of the molecule is CCCCN1CCN(c2ccc(N3CCC(=O)CC3)cc2C2CCC(C(C)(C)C)CC2)CC1. The van der Waals surface area contributed by atoms with Crippen molar-refractivity contribution in [2.75, 3.05) is 55.6 Å². The fourth-order valence-corrected chi connectivity index (χ4v) is 6.23. The van der Waals surface area contributed by atoms with Gasteiger partial charge in [0.2, 0.25) is 0 Å². The van der Waals surface area contributed by atoms with Crippen LogP contribution in [-0.2, 0) is 4.79 Å². The zero-order valence-corrected chi connectivity index (χ0v) is 21.7. The van der Waals surface area contributed by atoms with Crippen LogP contribution in [0.1, 0.15) is 90.5 Å². The number of anilines is 2. The highest BCUT2D eigenvalue weighted by Crippen LogP contribution is 2.46. The Morgan fingerprint density at radius 2 is 1.55 bits per heavy atom. The van der Waals surface area contributed by atoms with Gasteiger partial charge in [-0.05, 0) is 79.7 Å². The van der Waals surface area contributed by atoms with Crippen molar-refractivity contribution in [2.24, 2.45) is 11.3 Å². The van der Waals surface area contributed by atoms with Gasteiger partial charge < -0.3 is 9.80 Å². The Bertz CT molecular complexity index is 773. The highest BCUT2D eigenvalue weighted by atomic mass is 16.1. The summed E-state index contributed by atoms with van der Waals surface area (Å²) >= 11 is 0. The van der Waals surface area contributed by atoms with E-state index in [2.05, 4.69) is 60.6 Å². The molecule has 0 bridgehead atoms. The molecule has 0 radical (unpaired) electrons. The van der Waals surface area contributed by atoms with E-state index < -0.39 is 0 Å². The van der Waals surface area contributed by atoms with Gasteiger partial charge >= 0.3 is 0 Å². The van der Waals surface area contributed by atoms with E-state index in [-0.39, 0.29) is 0 Å². The number of piperazine rings is 1. The van der Waals surface area contributed by atoms with E-state index in [0.717, 1.165) is 32.1 Å². The number of Topliss-reactive ketones (excluding diaryl/α,β-unsaturated/α-hetero) is 1. The summed E-state index contributed by atoms with van der Waals surface area (Å²) in [6.07, 6.45) is 9.32. The second-order valence-corrected chi connectivity index (χ2v) is 11.9. The summed E-state index contributed by atoms with van der Waals surface area (Å²) < 4.78 is 0. The van der Waals surface area contributed by atoms with Crippen molar-refractivity contribution in [3.8, 4) is 0 Å². The molecule has 4 heteroatoms. The highest BCUT2D eigenvalue weighted by molar-refractivity contribution is 5.81. The Kier molecular flexibility index (Phi) is 8.04. The smallest absolute Gasteiger partial charge is 0.136 e. The molecule has 2 heterocycles. The summed E-state index contributed by atoms with van der Waals surface area (Å²) in [5.74, 6) is 1.93. The topological polar surface area (TPSA) is 26.8 Å². The Balaban J connectivity index is 1.52. The molecule has 0 spiro atoms. The van der Waals surface area contributed by atoms with Crippen LogP contribution in [0.3, 0.4) is 0 Å². The van der Waals surface area contributed by atoms with Gasteiger partial charge in [0.15, 0.2) is 0 Å².